The Morgan fingerprint density at radius 2 is 2.16 bits per heavy atom. The first-order valence-electron chi connectivity index (χ1n) is 5.53. The number of anilines is 2. The van der Waals surface area contributed by atoms with E-state index in [2.05, 4.69) is 20.6 Å². The summed E-state index contributed by atoms with van der Waals surface area (Å²) in [6, 6.07) is -0.631. The Hall–Kier alpha value is -2.45. The number of carbonyl (C=O) groups is 1. The Bertz CT molecular complexity index is 490. The highest BCUT2D eigenvalue weighted by molar-refractivity contribution is 5.84. The lowest BCUT2D eigenvalue weighted by Crippen LogP contribution is -2.37. The Morgan fingerprint density at radius 1 is 1.53 bits per heavy atom. The molecular formula is C10H16N6O3. The molecule has 1 aromatic heterocycles. The normalized spacial score (nSPS) is 11.6. The lowest BCUT2D eigenvalue weighted by molar-refractivity contribution is -0.384. The van der Waals surface area contributed by atoms with Crippen LogP contribution in [0.2, 0.25) is 0 Å². The van der Waals surface area contributed by atoms with E-state index in [9.17, 15) is 14.9 Å². The molecule has 2 N–H and O–H groups in total. The first kappa shape index (κ1) is 14.6. The molecular weight excluding hydrogens is 252 g/mol. The number of hydrogen-bond acceptors (Lipinski definition) is 7. The van der Waals surface area contributed by atoms with Crippen molar-refractivity contribution in [2.24, 2.45) is 0 Å². The van der Waals surface area contributed by atoms with E-state index < -0.39 is 11.0 Å². The van der Waals surface area contributed by atoms with Gasteiger partial charge in [-0.1, -0.05) is 0 Å². The lowest BCUT2D eigenvalue weighted by atomic mass is 10.3. The van der Waals surface area contributed by atoms with Crippen molar-refractivity contribution >= 4 is 23.4 Å². The summed E-state index contributed by atoms with van der Waals surface area (Å²) in [5.74, 6) is 0.0311. The van der Waals surface area contributed by atoms with E-state index in [-0.39, 0.29) is 23.4 Å². The van der Waals surface area contributed by atoms with E-state index in [1.54, 1.807) is 28.1 Å². The molecule has 1 atom stereocenters. The molecule has 0 saturated heterocycles. The van der Waals surface area contributed by atoms with E-state index >= 15 is 0 Å². The van der Waals surface area contributed by atoms with E-state index in [0.29, 0.717) is 0 Å². The summed E-state index contributed by atoms with van der Waals surface area (Å²) in [5.41, 5.74) is -0.280. The summed E-state index contributed by atoms with van der Waals surface area (Å²) in [4.78, 5) is 31.1. The van der Waals surface area contributed by atoms with Gasteiger partial charge in [-0.15, -0.1) is 0 Å². The highest BCUT2D eigenvalue weighted by Crippen LogP contribution is 2.22. The van der Waals surface area contributed by atoms with Crippen molar-refractivity contribution in [3.05, 3.63) is 16.3 Å². The number of carbonyl (C=O) groups excluding carboxylic acids is 1. The van der Waals surface area contributed by atoms with Gasteiger partial charge in [-0.25, -0.2) is 4.98 Å². The number of amides is 1. The number of likely N-dealkylation sites (N-methyl/N-ethyl adjacent to an activating group) is 1. The lowest BCUT2D eigenvalue weighted by Gasteiger charge is -2.18. The number of hydrogen-bond donors (Lipinski definition) is 2. The standard InChI is InChI=1S/C10H16N6O3/c1-6(9(17)15(3)4)13-8-7(16(18)19)5-12-10(11-2)14-8/h5-6H,1-4H3,(H2,11,12,13,14). The Labute approximate surface area is 110 Å². The first-order chi connectivity index (χ1) is 8.86. The summed E-state index contributed by atoms with van der Waals surface area (Å²) in [6.07, 6.45) is 1.09. The molecule has 0 radical (unpaired) electrons. The molecule has 104 valence electrons. The predicted octanol–water partition coefficient (Wildman–Crippen LogP) is 0.315. The fraction of sp³-hybridized carbons (Fsp3) is 0.500. The maximum absolute atomic E-state index is 11.7. The van der Waals surface area contributed by atoms with Gasteiger partial charge in [0.05, 0.1) is 4.92 Å². The average Bonchev–Trinajstić information content (AvgIpc) is 2.36. The van der Waals surface area contributed by atoms with Crippen LogP contribution in [0.25, 0.3) is 0 Å². The van der Waals surface area contributed by atoms with Gasteiger partial charge >= 0.3 is 5.69 Å². The minimum absolute atomic E-state index is 0.00653. The number of rotatable bonds is 5. The van der Waals surface area contributed by atoms with Crippen LogP contribution in [-0.4, -0.2) is 52.9 Å². The van der Waals surface area contributed by atoms with Gasteiger partial charge in [-0.05, 0) is 6.92 Å². The van der Waals surface area contributed by atoms with Crippen LogP contribution in [0.3, 0.4) is 0 Å². The third-order valence-corrected chi connectivity index (χ3v) is 2.35. The zero-order valence-corrected chi connectivity index (χ0v) is 11.2. The molecule has 9 heteroatoms. The molecule has 0 fully saturated rings. The Kier molecular flexibility index (Phi) is 4.56. The van der Waals surface area contributed by atoms with Crippen molar-refractivity contribution in [2.75, 3.05) is 31.8 Å². The van der Waals surface area contributed by atoms with Crippen LogP contribution in [0.1, 0.15) is 6.92 Å². The molecule has 1 amide bonds. The van der Waals surface area contributed by atoms with Gasteiger partial charge in [0.25, 0.3) is 0 Å². The van der Waals surface area contributed by atoms with Gasteiger partial charge in [0.2, 0.25) is 17.7 Å². The zero-order chi connectivity index (χ0) is 14.6. The van der Waals surface area contributed by atoms with Gasteiger partial charge < -0.3 is 15.5 Å². The van der Waals surface area contributed by atoms with Crippen LogP contribution in [0.4, 0.5) is 17.5 Å². The summed E-state index contributed by atoms with van der Waals surface area (Å²) >= 11 is 0. The number of nitrogens with one attached hydrogen (secondary N) is 2. The van der Waals surface area contributed by atoms with Crippen LogP contribution in [0.15, 0.2) is 6.20 Å². The number of nitrogens with zero attached hydrogens (tertiary/aromatic N) is 4. The van der Waals surface area contributed by atoms with Gasteiger partial charge in [0.15, 0.2) is 0 Å². The molecule has 1 rings (SSSR count). The second-order valence-electron chi connectivity index (χ2n) is 4.03. The number of aromatic nitrogens is 2. The molecule has 1 unspecified atom stereocenters. The van der Waals surface area contributed by atoms with Crippen molar-refractivity contribution in [1.82, 2.24) is 14.9 Å². The molecule has 0 aliphatic heterocycles. The monoisotopic (exact) mass is 268 g/mol. The molecule has 0 aliphatic rings. The second kappa shape index (κ2) is 5.94. The smallest absolute Gasteiger partial charge is 0.329 e. The molecule has 19 heavy (non-hydrogen) atoms. The third kappa shape index (κ3) is 3.50. The van der Waals surface area contributed by atoms with Gasteiger partial charge in [-0.3, -0.25) is 14.9 Å². The Balaban J connectivity index is 3.04. The van der Waals surface area contributed by atoms with E-state index in [1.165, 1.54) is 4.90 Å². The highest BCUT2D eigenvalue weighted by Gasteiger charge is 2.22. The van der Waals surface area contributed by atoms with Crippen LogP contribution >= 0.6 is 0 Å². The van der Waals surface area contributed by atoms with Gasteiger partial charge in [0, 0.05) is 21.1 Å². The fourth-order valence-corrected chi connectivity index (χ4v) is 1.39. The molecule has 0 saturated carbocycles. The van der Waals surface area contributed by atoms with Crippen molar-refractivity contribution in [3.8, 4) is 0 Å². The molecule has 1 heterocycles. The first-order valence-corrected chi connectivity index (χ1v) is 5.53. The predicted molar refractivity (Wildman–Crippen MR) is 70.0 cm³/mol. The number of nitro groups is 1. The van der Waals surface area contributed by atoms with Crippen LogP contribution in [0, 0.1) is 10.1 Å². The van der Waals surface area contributed by atoms with E-state index in [0.717, 1.165) is 6.20 Å². The molecule has 0 bridgehead atoms. The van der Waals surface area contributed by atoms with Crippen LogP contribution in [-0.2, 0) is 4.79 Å². The van der Waals surface area contributed by atoms with Crippen molar-refractivity contribution < 1.29 is 9.72 Å². The highest BCUT2D eigenvalue weighted by atomic mass is 16.6. The zero-order valence-electron chi connectivity index (χ0n) is 11.2. The summed E-state index contributed by atoms with van der Waals surface area (Å²) in [5, 5.41) is 16.3. The van der Waals surface area contributed by atoms with Crippen LogP contribution in [0.5, 0.6) is 0 Å². The van der Waals surface area contributed by atoms with Crippen molar-refractivity contribution in [1.29, 1.82) is 0 Å². The van der Waals surface area contributed by atoms with Crippen LogP contribution < -0.4 is 10.6 Å². The second-order valence-corrected chi connectivity index (χ2v) is 4.03. The largest absolute Gasteiger partial charge is 0.357 e. The van der Waals surface area contributed by atoms with Crippen molar-refractivity contribution in [3.63, 3.8) is 0 Å². The summed E-state index contributed by atoms with van der Waals surface area (Å²) in [6.45, 7) is 1.60. The molecule has 0 aromatic carbocycles. The molecule has 0 aliphatic carbocycles. The molecule has 1 aromatic rings. The maximum atomic E-state index is 11.7. The summed E-state index contributed by atoms with van der Waals surface area (Å²) < 4.78 is 0. The topological polar surface area (TPSA) is 113 Å². The van der Waals surface area contributed by atoms with E-state index in [1.807, 2.05) is 0 Å². The van der Waals surface area contributed by atoms with Gasteiger partial charge in [0.1, 0.15) is 12.2 Å². The fourth-order valence-electron chi connectivity index (χ4n) is 1.39. The van der Waals surface area contributed by atoms with Gasteiger partial charge in [-0.2, -0.15) is 4.98 Å². The third-order valence-electron chi connectivity index (χ3n) is 2.35. The average molecular weight is 268 g/mol. The molecule has 9 nitrogen and oxygen atoms in total. The van der Waals surface area contributed by atoms with Crippen molar-refractivity contribution in [2.45, 2.75) is 13.0 Å². The maximum Gasteiger partial charge on any atom is 0.329 e. The summed E-state index contributed by atoms with van der Waals surface area (Å²) in [7, 11) is 4.81. The van der Waals surface area contributed by atoms with E-state index in [4.69, 9.17) is 0 Å². The minimum Gasteiger partial charge on any atom is -0.357 e. The SMILES string of the molecule is CNc1ncc([N+](=O)[O-])c(NC(C)C(=O)N(C)C)n1. The minimum atomic E-state index is -0.631. The Morgan fingerprint density at radius 3 is 2.63 bits per heavy atom. The quantitative estimate of drug-likeness (QED) is 0.583. The molecule has 0 spiro atoms.